The molecule has 1 amide bonds. The summed E-state index contributed by atoms with van der Waals surface area (Å²) in [6, 6.07) is 20.8. The highest BCUT2D eigenvalue weighted by Crippen LogP contribution is 2.37. The lowest BCUT2D eigenvalue weighted by Gasteiger charge is -2.41. The molecule has 1 aliphatic carbocycles. The molecule has 2 aliphatic rings. The lowest BCUT2D eigenvalue weighted by molar-refractivity contribution is -0.218. The average molecular weight is 612 g/mol. The molecule has 0 aromatic heterocycles. The van der Waals surface area contributed by atoms with E-state index in [1.807, 2.05) is 61.5 Å². The monoisotopic (exact) mass is 611 g/mol. The molecule has 1 saturated carbocycles. The third-order valence-corrected chi connectivity index (χ3v) is 9.43. The molecule has 1 saturated heterocycles. The van der Waals surface area contributed by atoms with Crippen LogP contribution in [0.5, 0.6) is 5.75 Å². The van der Waals surface area contributed by atoms with Crippen molar-refractivity contribution < 1.29 is 29.6 Å². The number of rotatable bonds is 10. The lowest BCUT2D eigenvalue weighted by atomic mass is 9.90. The van der Waals surface area contributed by atoms with E-state index in [9.17, 15) is 20.1 Å². The van der Waals surface area contributed by atoms with Gasteiger partial charge in [0.1, 0.15) is 30.2 Å². The summed E-state index contributed by atoms with van der Waals surface area (Å²) in [5.41, 5.74) is 3.31. The first kappa shape index (κ1) is 30.9. The van der Waals surface area contributed by atoms with Crippen LogP contribution in [0.15, 0.2) is 71.6 Å². The number of nitrogens with one attached hydrogen (secondary N) is 1. The lowest BCUT2D eigenvalue weighted by Crippen LogP contribution is -2.54. The highest BCUT2D eigenvalue weighted by molar-refractivity contribution is 7.99. The second-order valence-corrected chi connectivity index (χ2v) is 12.5. The molecule has 4 N–H and O–H groups in total. The van der Waals surface area contributed by atoms with Gasteiger partial charge in [-0.15, -0.1) is 11.8 Å². The Hall–Kier alpha value is -2.59. The molecule has 3 aromatic carbocycles. The molecule has 224 valence electrons. The Bertz CT molecular complexity index is 1350. The van der Waals surface area contributed by atoms with Crippen LogP contribution in [-0.4, -0.2) is 58.0 Å². The van der Waals surface area contributed by atoms with E-state index in [0.29, 0.717) is 29.4 Å². The van der Waals surface area contributed by atoms with Gasteiger partial charge >= 0.3 is 0 Å². The molecule has 0 radical (unpaired) electrons. The maximum Gasteiger partial charge on any atom is 0.227 e. The van der Waals surface area contributed by atoms with Gasteiger partial charge in [-0.3, -0.25) is 4.79 Å². The fourth-order valence-corrected chi connectivity index (χ4v) is 6.84. The number of hydrogen-bond acceptors (Lipinski definition) is 7. The molecule has 0 bridgehead atoms. The summed E-state index contributed by atoms with van der Waals surface area (Å²) in [5.74, 6) is 1.28. The van der Waals surface area contributed by atoms with Crippen molar-refractivity contribution in [2.75, 3.05) is 17.7 Å². The summed E-state index contributed by atoms with van der Waals surface area (Å²) in [7, 11) is 0. The second-order valence-electron chi connectivity index (χ2n) is 11.0. The van der Waals surface area contributed by atoms with Crippen LogP contribution in [-0.2, 0) is 16.0 Å². The van der Waals surface area contributed by atoms with Crippen LogP contribution in [0.1, 0.15) is 55.4 Å². The first-order valence-corrected chi connectivity index (χ1v) is 15.9. The fraction of sp³-hybridized carbons (Fsp3) is 0.424. The summed E-state index contributed by atoms with van der Waals surface area (Å²) in [4.78, 5) is 13.5. The van der Waals surface area contributed by atoms with Crippen molar-refractivity contribution in [1.82, 2.24) is 0 Å². The Labute approximate surface area is 256 Å². The number of aliphatic hydroxyl groups excluding tert-OH is 3. The smallest absolute Gasteiger partial charge is 0.227 e. The van der Waals surface area contributed by atoms with Crippen LogP contribution in [0.25, 0.3) is 0 Å². The van der Waals surface area contributed by atoms with Crippen LogP contribution < -0.4 is 10.1 Å². The minimum Gasteiger partial charge on any atom is -0.494 e. The molecule has 42 heavy (non-hydrogen) atoms. The van der Waals surface area contributed by atoms with Gasteiger partial charge in [-0.25, -0.2) is 0 Å². The van der Waals surface area contributed by atoms with E-state index in [1.54, 1.807) is 12.1 Å². The van der Waals surface area contributed by atoms with E-state index >= 15 is 0 Å². The summed E-state index contributed by atoms with van der Waals surface area (Å²) >= 11 is 7.99. The zero-order valence-corrected chi connectivity index (χ0v) is 25.2. The number of benzene rings is 3. The van der Waals surface area contributed by atoms with Crippen molar-refractivity contribution >= 4 is 35.0 Å². The molecular formula is C33H38ClNO6S. The van der Waals surface area contributed by atoms with E-state index in [-0.39, 0.29) is 11.8 Å². The maximum atomic E-state index is 12.6. The molecule has 5 rings (SSSR count). The summed E-state index contributed by atoms with van der Waals surface area (Å²) in [6.45, 7) is 2.54. The van der Waals surface area contributed by atoms with Gasteiger partial charge in [-0.05, 0) is 79.3 Å². The standard InChI is InChI=1S/C33H38ClNO6S/c1-2-40-25-13-10-20(11-14-25)16-23-17-22(12-15-27(23)34)32-31(38)30(37)29(36)28(41-32)19-42-26-9-5-8-24(18-26)35-33(39)21-6-3-4-7-21/h5,8-15,17-18,21,28-32,36-38H,2-4,6-7,16,19H2,1H3,(H,35,39)/t28-,29-,30+,31-,32+/m1/s1. The average Bonchev–Trinajstić information content (AvgIpc) is 3.54. The van der Waals surface area contributed by atoms with Crippen molar-refractivity contribution in [2.45, 2.75) is 74.4 Å². The summed E-state index contributed by atoms with van der Waals surface area (Å²) in [5, 5.41) is 36.0. The molecule has 9 heteroatoms. The quantitative estimate of drug-likeness (QED) is 0.216. The van der Waals surface area contributed by atoms with Crippen LogP contribution in [0.4, 0.5) is 5.69 Å². The van der Waals surface area contributed by atoms with Gasteiger partial charge in [0.05, 0.1) is 12.7 Å². The molecule has 1 heterocycles. The third-order valence-electron chi connectivity index (χ3n) is 7.98. The maximum absolute atomic E-state index is 12.6. The van der Waals surface area contributed by atoms with Crippen molar-refractivity contribution in [1.29, 1.82) is 0 Å². The van der Waals surface area contributed by atoms with Gasteiger partial charge in [-0.2, -0.15) is 0 Å². The number of hydrogen-bond donors (Lipinski definition) is 4. The molecule has 0 spiro atoms. The first-order chi connectivity index (χ1) is 20.3. The third kappa shape index (κ3) is 7.48. The normalized spacial score (nSPS) is 24.5. The highest BCUT2D eigenvalue weighted by atomic mass is 35.5. The number of aliphatic hydroxyl groups is 3. The minimum atomic E-state index is -1.38. The summed E-state index contributed by atoms with van der Waals surface area (Å²) in [6.07, 6.45) is -0.899. The number of ether oxygens (including phenoxy) is 2. The van der Waals surface area contributed by atoms with Crippen LogP contribution >= 0.6 is 23.4 Å². The first-order valence-electron chi connectivity index (χ1n) is 14.6. The Kier molecular flexibility index (Phi) is 10.5. The molecule has 7 nitrogen and oxygen atoms in total. The number of anilines is 1. The number of halogens is 1. The van der Waals surface area contributed by atoms with Crippen molar-refractivity contribution in [3.05, 3.63) is 88.4 Å². The predicted molar refractivity (Wildman–Crippen MR) is 165 cm³/mol. The Morgan fingerprint density at radius 1 is 1.00 bits per heavy atom. The Balaban J connectivity index is 1.25. The van der Waals surface area contributed by atoms with E-state index < -0.39 is 30.5 Å². The number of carbonyl (C=O) groups excluding carboxylic acids is 1. The fourth-order valence-electron chi connectivity index (χ4n) is 5.64. The predicted octanol–water partition coefficient (Wildman–Crippen LogP) is 5.77. The van der Waals surface area contributed by atoms with Gasteiger partial charge in [-0.1, -0.05) is 54.8 Å². The molecule has 2 fully saturated rings. The van der Waals surface area contributed by atoms with E-state index in [1.165, 1.54) is 11.8 Å². The number of carbonyl (C=O) groups is 1. The zero-order valence-electron chi connectivity index (χ0n) is 23.6. The van der Waals surface area contributed by atoms with Crippen LogP contribution in [0.2, 0.25) is 5.02 Å². The van der Waals surface area contributed by atoms with Gasteiger partial charge < -0.3 is 30.1 Å². The molecule has 5 atom stereocenters. The molecular weight excluding hydrogens is 574 g/mol. The van der Waals surface area contributed by atoms with Crippen molar-refractivity contribution in [3.8, 4) is 5.75 Å². The molecule has 1 aliphatic heterocycles. The van der Waals surface area contributed by atoms with Crippen LogP contribution in [0, 0.1) is 5.92 Å². The van der Waals surface area contributed by atoms with Gasteiger partial charge in [0.2, 0.25) is 5.91 Å². The van der Waals surface area contributed by atoms with Crippen molar-refractivity contribution in [3.63, 3.8) is 0 Å². The van der Waals surface area contributed by atoms with Crippen molar-refractivity contribution in [2.24, 2.45) is 5.92 Å². The van der Waals surface area contributed by atoms with Crippen LogP contribution in [0.3, 0.4) is 0 Å². The Morgan fingerprint density at radius 2 is 1.76 bits per heavy atom. The van der Waals surface area contributed by atoms with E-state index in [0.717, 1.165) is 53.1 Å². The summed E-state index contributed by atoms with van der Waals surface area (Å²) < 4.78 is 11.8. The van der Waals surface area contributed by atoms with E-state index in [2.05, 4.69) is 5.32 Å². The van der Waals surface area contributed by atoms with E-state index in [4.69, 9.17) is 21.1 Å². The van der Waals surface area contributed by atoms with Gasteiger partial charge in [0, 0.05) is 27.3 Å². The minimum absolute atomic E-state index is 0.0606. The highest BCUT2D eigenvalue weighted by Gasteiger charge is 2.44. The van der Waals surface area contributed by atoms with Gasteiger partial charge in [0.15, 0.2) is 0 Å². The van der Waals surface area contributed by atoms with Gasteiger partial charge in [0.25, 0.3) is 0 Å². The SMILES string of the molecule is CCOc1ccc(Cc2cc([C@@H]3O[C@H](CSc4cccc(NC(=O)C5CCCC5)c4)[C@@H](O)[C@H](O)[C@H]3O)ccc2Cl)cc1. The number of amides is 1. The zero-order chi connectivity index (χ0) is 29.6. The Morgan fingerprint density at radius 3 is 2.50 bits per heavy atom. The second kappa shape index (κ2) is 14.3. The topological polar surface area (TPSA) is 108 Å². The molecule has 3 aromatic rings. The number of thioether (sulfide) groups is 1. The largest absolute Gasteiger partial charge is 0.494 e. The molecule has 0 unspecified atom stereocenters.